The lowest BCUT2D eigenvalue weighted by molar-refractivity contribution is -0.384. The van der Waals surface area contributed by atoms with Gasteiger partial charge in [-0.25, -0.2) is 4.79 Å². The Hall–Kier alpha value is -3.29. The highest BCUT2D eigenvalue weighted by Crippen LogP contribution is 2.20. The third-order valence-corrected chi connectivity index (χ3v) is 4.34. The van der Waals surface area contributed by atoms with Gasteiger partial charge in [0.05, 0.1) is 11.5 Å². The number of nitro benzene ring substituents is 1. The van der Waals surface area contributed by atoms with Crippen LogP contribution in [0.4, 0.5) is 5.69 Å². The van der Waals surface area contributed by atoms with Gasteiger partial charge in [0.15, 0.2) is 6.61 Å². The van der Waals surface area contributed by atoms with E-state index in [2.05, 4.69) is 6.92 Å². The fraction of sp³-hybridized carbons (Fsp3) is 0.435. The molecule has 0 heterocycles. The lowest BCUT2D eigenvalue weighted by Crippen LogP contribution is -2.18. The van der Waals surface area contributed by atoms with Crippen LogP contribution in [0.1, 0.15) is 39.0 Å². The second-order valence-corrected chi connectivity index (χ2v) is 6.85. The summed E-state index contributed by atoms with van der Waals surface area (Å²) in [7, 11) is 0. The topological polar surface area (TPSA) is 97.1 Å². The smallest absolute Gasteiger partial charge is 0.344 e. The highest BCUT2D eigenvalue weighted by molar-refractivity contribution is 5.71. The number of carbonyl (C=O) groups is 1. The molecule has 0 radical (unpaired) electrons. The zero-order valence-electron chi connectivity index (χ0n) is 17.8. The van der Waals surface area contributed by atoms with Crippen molar-refractivity contribution >= 4 is 11.7 Å². The summed E-state index contributed by atoms with van der Waals surface area (Å²) in [5, 5.41) is 10.6. The van der Waals surface area contributed by atoms with Gasteiger partial charge in [-0.15, -0.1) is 0 Å². The molecular formula is C23H29NO7. The highest BCUT2D eigenvalue weighted by atomic mass is 16.6. The molecule has 8 nitrogen and oxygen atoms in total. The quantitative estimate of drug-likeness (QED) is 0.170. The predicted molar refractivity (Wildman–Crippen MR) is 116 cm³/mol. The van der Waals surface area contributed by atoms with Crippen LogP contribution in [0.5, 0.6) is 17.2 Å². The third kappa shape index (κ3) is 9.84. The first-order valence-corrected chi connectivity index (χ1v) is 10.5. The van der Waals surface area contributed by atoms with Crippen LogP contribution in [-0.2, 0) is 9.53 Å². The van der Waals surface area contributed by atoms with Gasteiger partial charge >= 0.3 is 5.97 Å². The molecule has 0 N–H and O–H groups in total. The third-order valence-electron chi connectivity index (χ3n) is 4.34. The molecule has 2 aromatic carbocycles. The molecule has 0 unspecified atom stereocenters. The largest absolute Gasteiger partial charge is 0.493 e. The van der Waals surface area contributed by atoms with Gasteiger partial charge in [-0.1, -0.05) is 38.7 Å². The van der Waals surface area contributed by atoms with Crippen molar-refractivity contribution in [1.29, 1.82) is 0 Å². The summed E-state index contributed by atoms with van der Waals surface area (Å²) in [6.07, 6.45) is 5.87. The second kappa shape index (κ2) is 13.8. The van der Waals surface area contributed by atoms with E-state index in [-0.39, 0.29) is 25.5 Å². The van der Waals surface area contributed by atoms with E-state index in [1.165, 1.54) is 43.5 Å². The molecule has 0 spiro atoms. The van der Waals surface area contributed by atoms with Crippen molar-refractivity contribution in [3.8, 4) is 17.2 Å². The Morgan fingerprint density at radius 2 is 1.52 bits per heavy atom. The normalized spacial score (nSPS) is 10.4. The first-order valence-electron chi connectivity index (χ1n) is 10.5. The zero-order valence-corrected chi connectivity index (χ0v) is 17.8. The van der Waals surface area contributed by atoms with Gasteiger partial charge in [0.25, 0.3) is 5.69 Å². The molecule has 0 aromatic heterocycles. The number of hydrogen-bond donors (Lipinski definition) is 0. The average Bonchev–Trinajstić information content (AvgIpc) is 2.78. The van der Waals surface area contributed by atoms with Crippen LogP contribution < -0.4 is 14.2 Å². The molecule has 0 aliphatic carbocycles. The predicted octanol–water partition coefficient (Wildman–Crippen LogP) is 4.95. The molecule has 2 aromatic rings. The van der Waals surface area contributed by atoms with Crippen LogP contribution in [0.15, 0.2) is 48.5 Å². The second-order valence-electron chi connectivity index (χ2n) is 6.85. The number of nitro groups is 1. The van der Waals surface area contributed by atoms with E-state index in [0.717, 1.165) is 12.8 Å². The van der Waals surface area contributed by atoms with Gasteiger partial charge in [-0.05, 0) is 30.7 Å². The fourth-order valence-corrected chi connectivity index (χ4v) is 2.71. The number of benzene rings is 2. The van der Waals surface area contributed by atoms with E-state index in [1.54, 1.807) is 12.1 Å². The van der Waals surface area contributed by atoms with Crippen LogP contribution >= 0.6 is 0 Å². The van der Waals surface area contributed by atoms with Crippen LogP contribution in [0, 0.1) is 10.1 Å². The van der Waals surface area contributed by atoms with Crippen LogP contribution in [-0.4, -0.2) is 37.3 Å². The molecule has 31 heavy (non-hydrogen) atoms. The molecular weight excluding hydrogens is 402 g/mol. The lowest BCUT2D eigenvalue weighted by atomic mass is 10.2. The molecule has 0 saturated heterocycles. The lowest BCUT2D eigenvalue weighted by Gasteiger charge is -2.10. The van der Waals surface area contributed by atoms with Crippen molar-refractivity contribution in [2.75, 3.05) is 26.4 Å². The van der Waals surface area contributed by atoms with E-state index < -0.39 is 10.9 Å². The van der Waals surface area contributed by atoms with Gasteiger partial charge in [0.2, 0.25) is 0 Å². The summed E-state index contributed by atoms with van der Waals surface area (Å²) in [6.45, 7) is 2.79. The molecule has 0 bridgehead atoms. The van der Waals surface area contributed by atoms with Crippen LogP contribution in [0.3, 0.4) is 0 Å². The summed E-state index contributed by atoms with van der Waals surface area (Å²) < 4.78 is 21.6. The monoisotopic (exact) mass is 431 g/mol. The van der Waals surface area contributed by atoms with E-state index in [4.69, 9.17) is 18.9 Å². The summed E-state index contributed by atoms with van der Waals surface area (Å²) >= 11 is 0. The van der Waals surface area contributed by atoms with Gasteiger partial charge < -0.3 is 18.9 Å². The number of hydrogen-bond acceptors (Lipinski definition) is 7. The Kier molecular flexibility index (Phi) is 10.7. The molecule has 0 amide bonds. The minimum atomic E-state index is -0.519. The Labute approximate surface area is 182 Å². The maximum atomic E-state index is 11.8. The number of non-ortho nitro benzene ring substituents is 1. The molecule has 0 aliphatic rings. The molecule has 2 rings (SSSR count). The minimum Gasteiger partial charge on any atom is -0.493 e. The van der Waals surface area contributed by atoms with E-state index >= 15 is 0 Å². The number of ether oxygens (including phenoxy) is 4. The van der Waals surface area contributed by atoms with Crippen molar-refractivity contribution in [2.24, 2.45) is 0 Å². The minimum absolute atomic E-state index is 0.0163. The number of carbonyl (C=O) groups excluding carboxylic acids is 1. The summed E-state index contributed by atoms with van der Waals surface area (Å²) in [5.41, 5.74) is -0.0163. The zero-order chi connectivity index (χ0) is 22.3. The van der Waals surface area contributed by atoms with Gasteiger partial charge in [0, 0.05) is 18.2 Å². The first-order chi connectivity index (χ1) is 15.1. The molecule has 0 aliphatic heterocycles. The molecule has 0 fully saturated rings. The standard InChI is InChI=1S/C23H29NO7/c1-2-3-4-5-6-14-28-21-8-7-9-22(17-21)31-18-23(25)30-16-15-29-20-12-10-19(11-13-20)24(26)27/h7-13,17H,2-6,14-16,18H2,1H3. The van der Waals surface area contributed by atoms with Gasteiger partial charge in [0.1, 0.15) is 30.5 Å². The summed E-state index contributed by atoms with van der Waals surface area (Å²) in [6, 6.07) is 12.8. The summed E-state index contributed by atoms with van der Waals surface area (Å²) in [5.74, 6) is 1.18. The Balaban J connectivity index is 1.60. The van der Waals surface area contributed by atoms with Crippen molar-refractivity contribution in [3.63, 3.8) is 0 Å². The summed E-state index contributed by atoms with van der Waals surface area (Å²) in [4.78, 5) is 21.9. The Morgan fingerprint density at radius 3 is 2.23 bits per heavy atom. The highest BCUT2D eigenvalue weighted by Gasteiger charge is 2.07. The molecule has 168 valence electrons. The molecule has 0 saturated carbocycles. The maximum absolute atomic E-state index is 11.8. The van der Waals surface area contributed by atoms with Crippen LogP contribution in [0.25, 0.3) is 0 Å². The first kappa shape index (κ1) is 24.0. The maximum Gasteiger partial charge on any atom is 0.344 e. The number of unbranched alkanes of at least 4 members (excludes halogenated alkanes) is 4. The van der Waals surface area contributed by atoms with Crippen molar-refractivity contribution in [1.82, 2.24) is 0 Å². The van der Waals surface area contributed by atoms with Gasteiger partial charge in [-0.2, -0.15) is 0 Å². The van der Waals surface area contributed by atoms with Gasteiger partial charge in [-0.3, -0.25) is 10.1 Å². The Morgan fingerprint density at radius 1 is 0.839 bits per heavy atom. The number of nitrogens with zero attached hydrogens (tertiary/aromatic N) is 1. The van der Waals surface area contributed by atoms with Crippen molar-refractivity contribution < 1.29 is 28.7 Å². The van der Waals surface area contributed by atoms with Crippen molar-refractivity contribution in [3.05, 3.63) is 58.6 Å². The fourth-order valence-electron chi connectivity index (χ4n) is 2.71. The number of esters is 1. The van der Waals surface area contributed by atoms with E-state index in [1.807, 2.05) is 12.1 Å². The SMILES string of the molecule is CCCCCCCOc1cccc(OCC(=O)OCCOc2ccc([N+](=O)[O-])cc2)c1. The van der Waals surface area contributed by atoms with E-state index in [0.29, 0.717) is 23.9 Å². The molecule has 0 atom stereocenters. The van der Waals surface area contributed by atoms with Crippen molar-refractivity contribution in [2.45, 2.75) is 39.0 Å². The number of rotatable bonds is 15. The molecule has 8 heteroatoms. The Bertz CT molecular complexity index is 808. The average molecular weight is 431 g/mol. The van der Waals surface area contributed by atoms with E-state index in [9.17, 15) is 14.9 Å². The van der Waals surface area contributed by atoms with Crippen LogP contribution in [0.2, 0.25) is 0 Å².